The van der Waals surface area contributed by atoms with Crippen LogP contribution in [0.3, 0.4) is 0 Å². The van der Waals surface area contributed by atoms with E-state index in [1.807, 2.05) is 37.1 Å². The number of non-ortho nitro benzene ring substituents is 1. The van der Waals surface area contributed by atoms with Gasteiger partial charge in [-0.1, -0.05) is 29.8 Å². The number of hydrogen-bond donors (Lipinski definition) is 1. The van der Waals surface area contributed by atoms with Crippen LogP contribution in [0.5, 0.6) is 0 Å². The number of nitrogens with zero attached hydrogens (tertiary/aromatic N) is 2. The van der Waals surface area contributed by atoms with Gasteiger partial charge in [0.1, 0.15) is 0 Å². The zero-order chi connectivity index (χ0) is 15.4. The van der Waals surface area contributed by atoms with Gasteiger partial charge in [-0.3, -0.25) is 10.1 Å². The fraction of sp³-hybridized carbons (Fsp3) is 0.250. The third kappa shape index (κ3) is 3.58. The Labute approximate surface area is 123 Å². The normalized spacial score (nSPS) is 10.4. The molecule has 2 aromatic carbocycles. The van der Waals surface area contributed by atoms with E-state index in [1.165, 1.54) is 17.7 Å². The Morgan fingerprint density at radius 1 is 1.24 bits per heavy atom. The number of benzene rings is 2. The van der Waals surface area contributed by atoms with Crippen molar-refractivity contribution in [2.24, 2.45) is 0 Å². The van der Waals surface area contributed by atoms with E-state index in [-0.39, 0.29) is 12.3 Å². The van der Waals surface area contributed by atoms with Crippen LogP contribution in [-0.2, 0) is 13.2 Å². The minimum Gasteiger partial charge on any atom is -0.392 e. The molecule has 5 nitrogen and oxygen atoms in total. The number of anilines is 1. The van der Waals surface area contributed by atoms with Gasteiger partial charge in [-0.2, -0.15) is 0 Å². The first-order valence-corrected chi connectivity index (χ1v) is 6.66. The maximum Gasteiger partial charge on any atom is 0.269 e. The molecule has 0 fully saturated rings. The number of nitro benzene ring substituents is 1. The largest absolute Gasteiger partial charge is 0.392 e. The van der Waals surface area contributed by atoms with E-state index in [0.29, 0.717) is 12.1 Å². The molecule has 0 radical (unpaired) electrons. The van der Waals surface area contributed by atoms with Crippen LogP contribution in [0.4, 0.5) is 11.4 Å². The number of aliphatic hydroxyl groups excluding tert-OH is 1. The number of aryl methyl sites for hydroxylation is 1. The van der Waals surface area contributed by atoms with Crippen LogP contribution in [-0.4, -0.2) is 17.1 Å². The van der Waals surface area contributed by atoms with Crippen molar-refractivity contribution in [2.45, 2.75) is 20.1 Å². The van der Waals surface area contributed by atoms with Crippen molar-refractivity contribution in [3.05, 3.63) is 69.3 Å². The minimum atomic E-state index is -0.455. The Kier molecular flexibility index (Phi) is 4.55. The highest BCUT2D eigenvalue weighted by Gasteiger charge is 2.13. The van der Waals surface area contributed by atoms with Gasteiger partial charge in [0, 0.05) is 37.0 Å². The number of hydrogen-bond acceptors (Lipinski definition) is 4. The van der Waals surface area contributed by atoms with Gasteiger partial charge < -0.3 is 10.0 Å². The van der Waals surface area contributed by atoms with E-state index in [1.54, 1.807) is 6.07 Å². The van der Waals surface area contributed by atoms with Gasteiger partial charge in [0.15, 0.2) is 0 Å². The molecule has 0 heterocycles. The molecule has 0 bridgehead atoms. The van der Waals surface area contributed by atoms with E-state index in [9.17, 15) is 15.2 Å². The molecule has 0 aliphatic heterocycles. The molecule has 2 rings (SSSR count). The molecule has 0 aromatic heterocycles. The molecular formula is C16H18N2O3. The van der Waals surface area contributed by atoms with Gasteiger partial charge in [-0.25, -0.2) is 0 Å². The molecule has 2 aromatic rings. The smallest absolute Gasteiger partial charge is 0.269 e. The molecule has 0 aliphatic rings. The van der Waals surface area contributed by atoms with Gasteiger partial charge in [0.05, 0.1) is 11.5 Å². The van der Waals surface area contributed by atoms with Crippen LogP contribution >= 0.6 is 0 Å². The highest BCUT2D eigenvalue weighted by molar-refractivity contribution is 5.57. The average molecular weight is 286 g/mol. The molecule has 1 N–H and O–H groups in total. The summed E-state index contributed by atoms with van der Waals surface area (Å²) < 4.78 is 0. The van der Waals surface area contributed by atoms with Crippen molar-refractivity contribution in [1.29, 1.82) is 0 Å². The molecule has 0 saturated carbocycles. The average Bonchev–Trinajstić information content (AvgIpc) is 2.46. The van der Waals surface area contributed by atoms with E-state index < -0.39 is 4.92 Å². The summed E-state index contributed by atoms with van der Waals surface area (Å²) in [6, 6.07) is 12.7. The minimum absolute atomic E-state index is 0.00763. The van der Waals surface area contributed by atoms with Gasteiger partial charge in [0.2, 0.25) is 0 Å². The lowest BCUT2D eigenvalue weighted by Crippen LogP contribution is -2.18. The van der Waals surface area contributed by atoms with Crippen molar-refractivity contribution in [3.63, 3.8) is 0 Å². The molecule has 0 spiro atoms. The van der Waals surface area contributed by atoms with E-state index in [4.69, 9.17) is 0 Å². The van der Waals surface area contributed by atoms with Gasteiger partial charge in [-0.15, -0.1) is 0 Å². The Bertz CT molecular complexity index is 656. The first-order valence-electron chi connectivity index (χ1n) is 6.66. The molecule has 21 heavy (non-hydrogen) atoms. The predicted octanol–water partition coefficient (Wildman–Crippen LogP) is 3.03. The Morgan fingerprint density at radius 3 is 2.62 bits per heavy atom. The lowest BCUT2D eigenvalue weighted by molar-refractivity contribution is -0.384. The Balaban J connectivity index is 2.26. The SMILES string of the molecule is Cc1cccc(CN(C)c2ccc([N+](=O)[O-])cc2CO)c1. The fourth-order valence-corrected chi connectivity index (χ4v) is 2.35. The quantitative estimate of drug-likeness (QED) is 0.677. The maximum absolute atomic E-state index is 10.8. The zero-order valence-electron chi connectivity index (χ0n) is 12.1. The number of aliphatic hydroxyl groups is 1. The van der Waals surface area contributed by atoms with Crippen LogP contribution in [0, 0.1) is 17.0 Å². The Morgan fingerprint density at radius 2 is 2.00 bits per heavy atom. The van der Waals surface area contributed by atoms with Crippen LogP contribution in [0.25, 0.3) is 0 Å². The van der Waals surface area contributed by atoms with Crippen molar-refractivity contribution in [2.75, 3.05) is 11.9 Å². The first-order chi connectivity index (χ1) is 10.0. The monoisotopic (exact) mass is 286 g/mol. The second kappa shape index (κ2) is 6.37. The second-order valence-electron chi connectivity index (χ2n) is 5.07. The molecular weight excluding hydrogens is 268 g/mol. The lowest BCUT2D eigenvalue weighted by atomic mass is 10.1. The second-order valence-corrected chi connectivity index (χ2v) is 5.07. The highest BCUT2D eigenvalue weighted by Crippen LogP contribution is 2.26. The van der Waals surface area contributed by atoms with Crippen molar-refractivity contribution >= 4 is 11.4 Å². The van der Waals surface area contributed by atoms with E-state index in [0.717, 1.165) is 11.3 Å². The van der Waals surface area contributed by atoms with Crippen molar-refractivity contribution in [3.8, 4) is 0 Å². The molecule has 0 saturated heterocycles. The van der Waals surface area contributed by atoms with Crippen LogP contribution < -0.4 is 4.90 Å². The summed E-state index contributed by atoms with van der Waals surface area (Å²) in [4.78, 5) is 12.3. The summed E-state index contributed by atoms with van der Waals surface area (Å²) in [5, 5.41) is 20.2. The van der Waals surface area contributed by atoms with Crippen LogP contribution in [0.15, 0.2) is 42.5 Å². The van der Waals surface area contributed by atoms with Gasteiger partial charge in [-0.05, 0) is 18.6 Å². The summed E-state index contributed by atoms with van der Waals surface area (Å²) in [5.74, 6) is 0. The molecule has 0 aliphatic carbocycles. The van der Waals surface area contributed by atoms with Crippen molar-refractivity contribution < 1.29 is 10.0 Å². The Hall–Kier alpha value is -2.40. The third-order valence-electron chi connectivity index (χ3n) is 3.36. The summed E-state index contributed by atoms with van der Waals surface area (Å²) in [6.07, 6.45) is 0. The fourth-order valence-electron chi connectivity index (χ4n) is 2.35. The summed E-state index contributed by atoms with van der Waals surface area (Å²) in [7, 11) is 1.91. The van der Waals surface area contributed by atoms with Crippen molar-refractivity contribution in [1.82, 2.24) is 0 Å². The van der Waals surface area contributed by atoms with Gasteiger partial charge >= 0.3 is 0 Å². The topological polar surface area (TPSA) is 66.6 Å². The molecule has 5 heteroatoms. The summed E-state index contributed by atoms with van der Waals surface area (Å²) >= 11 is 0. The maximum atomic E-state index is 10.8. The van der Waals surface area contributed by atoms with E-state index in [2.05, 4.69) is 6.07 Å². The third-order valence-corrected chi connectivity index (χ3v) is 3.36. The molecule has 0 atom stereocenters. The lowest BCUT2D eigenvalue weighted by Gasteiger charge is -2.22. The highest BCUT2D eigenvalue weighted by atomic mass is 16.6. The molecule has 110 valence electrons. The predicted molar refractivity (Wildman–Crippen MR) is 82.3 cm³/mol. The number of rotatable bonds is 5. The van der Waals surface area contributed by atoms with Crippen LogP contribution in [0.2, 0.25) is 0 Å². The zero-order valence-corrected chi connectivity index (χ0v) is 12.1. The first kappa shape index (κ1) is 15.0. The van der Waals surface area contributed by atoms with Gasteiger partial charge in [0.25, 0.3) is 5.69 Å². The summed E-state index contributed by atoms with van der Waals surface area (Å²) in [6.45, 7) is 2.48. The van der Waals surface area contributed by atoms with E-state index >= 15 is 0 Å². The number of nitro groups is 1. The summed E-state index contributed by atoms with van der Waals surface area (Å²) in [5.41, 5.74) is 3.68. The molecule has 0 unspecified atom stereocenters. The standard InChI is InChI=1S/C16H18N2O3/c1-12-4-3-5-13(8-12)10-17(2)16-7-6-15(18(20)21)9-14(16)11-19/h3-9,19H,10-11H2,1-2H3. The van der Waals surface area contributed by atoms with Crippen LogP contribution in [0.1, 0.15) is 16.7 Å². The molecule has 0 amide bonds.